The number of likely N-dealkylation sites (N-methyl/N-ethyl adjacent to an activating group) is 1. The summed E-state index contributed by atoms with van der Waals surface area (Å²) in [5.74, 6) is 0. The van der Waals surface area contributed by atoms with Crippen LogP contribution in [0.2, 0.25) is 0 Å². The Morgan fingerprint density at radius 2 is 2.05 bits per heavy atom. The van der Waals surface area contributed by atoms with Gasteiger partial charge in [0.2, 0.25) is 0 Å². The van der Waals surface area contributed by atoms with Gasteiger partial charge in [-0.15, -0.1) is 0 Å². The maximum absolute atomic E-state index is 4.27. The fourth-order valence-corrected chi connectivity index (χ4v) is 2.59. The number of benzene rings is 1. The van der Waals surface area contributed by atoms with Gasteiger partial charge in [-0.25, -0.2) is 0 Å². The van der Waals surface area contributed by atoms with Gasteiger partial charge in [0.15, 0.2) is 0 Å². The predicted molar refractivity (Wildman–Crippen MR) is 83.8 cm³/mol. The Kier molecular flexibility index (Phi) is 4.31. The van der Waals surface area contributed by atoms with Gasteiger partial charge in [-0.2, -0.15) is 15.4 Å². The highest BCUT2D eigenvalue weighted by atomic mass is 15.3. The van der Waals surface area contributed by atoms with Crippen LogP contribution in [-0.2, 0) is 6.54 Å². The molecule has 21 heavy (non-hydrogen) atoms. The Labute approximate surface area is 125 Å². The van der Waals surface area contributed by atoms with E-state index in [1.54, 1.807) is 0 Å². The molecule has 1 heterocycles. The van der Waals surface area contributed by atoms with Gasteiger partial charge in [-0.3, -0.25) is 4.90 Å². The van der Waals surface area contributed by atoms with Crippen molar-refractivity contribution in [1.82, 2.24) is 25.6 Å². The molecule has 2 N–H and O–H groups in total. The van der Waals surface area contributed by atoms with Gasteiger partial charge < -0.3 is 5.32 Å². The molecule has 0 radical (unpaired) electrons. The molecular weight excluding hydrogens is 262 g/mol. The zero-order valence-electron chi connectivity index (χ0n) is 12.7. The predicted octanol–water partition coefficient (Wildman–Crippen LogP) is 2.04. The lowest BCUT2D eigenvalue weighted by molar-refractivity contribution is 0.241. The lowest BCUT2D eigenvalue weighted by atomic mass is 10.1. The number of nitrogens with zero attached hydrogens (tertiary/aromatic N) is 3. The average molecular weight is 285 g/mol. The van der Waals surface area contributed by atoms with E-state index >= 15 is 0 Å². The summed E-state index contributed by atoms with van der Waals surface area (Å²) in [5.41, 5.74) is 3.01. The monoisotopic (exact) mass is 285 g/mol. The molecule has 1 aliphatic carbocycles. The van der Waals surface area contributed by atoms with Crippen LogP contribution in [0, 0.1) is 0 Å². The molecule has 112 valence electrons. The maximum Gasteiger partial charge on any atom is 0.117 e. The molecule has 1 aromatic heterocycles. The number of aromatic amines is 1. The Morgan fingerprint density at radius 3 is 2.76 bits per heavy atom. The Hall–Kier alpha value is -1.72. The van der Waals surface area contributed by atoms with Crippen LogP contribution in [-0.4, -0.2) is 46.0 Å². The van der Waals surface area contributed by atoms with E-state index in [9.17, 15) is 0 Å². The molecule has 5 nitrogen and oxygen atoms in total. The summed E-state index contributed by atoms with van der Waals surface area (Å²) in [6, 6.07) is 11.5. The van der Waals surface area contributed by atoms with Crippen molar-refractivity contribution in [2.24, 2.45) is 0 Å². The largest absolute Gasteiger partial charge is 0.309 e. The minimum atomic E-state index is 0.546. The fourth-order valence-electron chi connectivity index (χ4n) is 2.59. The third-order valence-electron chi connectivity index (χ3n) is 4.22. The first-order chi connectivity index (χ1) is 10.3. The van der Waals surface area contributed by atoms with Crippen LogP contribution in [0.25, 0.3) is 11.3 Å². The number of hydrogen-bond donors (Lipinski definition) is 2. The highest BCUT2D eigenvalue weighted by Gasteiger charge is 2.28. The van der Waals surface area contributed by atoms with Gasteiger partial charge >= 0.3 is 0 Å². The van der Waals surface area contributed by atoms with Gasteiger partial charge in [0.05, 0.1) is 0 Å². The highest BCUT2D eigenvalue weighted by molar-refractivity contribution is 5.60. The summed E-state index contributed by atoms with van der Waals surface area (Å²) >= 11 is 0. The van der Waals surface area contributed by atoms with E-state index in [1.807, 2.05) is 18.2 Å². The first kappa shape index (κ1) is 14.2. The van der Waals surface area contributed by atoms with Crippen LogP contribution in [0.3, 0.4) is 0 Å². The van der Waals surface area contributed by atoms with Crippen molar-refractivity contribution in [3.8, 4) is 11.3 Å². The van der Waals surface area contributed by atoms with Gasteiger partial charge in [0.1, 0.15) is 11.4 Å². The quantitative estimate of drug-likeness (QED) is 0.817. The second-order valence-corrected chi connectivity index (χ2v) is 5.86. The van der Waals surface area contributed by atoms with Crippen molar-refractivity contribution in [3.63, 3.8) is 0 Å². The summed E-state index contributed by atoms with van der Waals surface area (Å²) in [6.07, 6.45) is 2.70. The molecule has 1 unspecified atom stereocenters. The molecule has 2 aromatic rings. The lowest BCUT2D eigenvalue weighted by Gasteiger charge is -2.24. The summed E-state index contributed by atoms with van der Waals surface area (Å²) in [5, 5.41) is 14.8. The lowest BCUT2D eigenvalue weighted by Crippen LogP contribution is -2.39. The van der Waals surface area contributed by atoms with E-state index < -0.39 is 0 Å². The maximum atomic E-state index is 4.27. The summed E-state index contributed by atoms with van der Waals surface area (Å²) < 4.78 is 0. The molecule has 0 spiro atoms. The van der Waals surface area contributed by atoms with E-state index in [-0.39, 0.29) is 0 Å². The summed E-state index contributed by atoms with van der Waals surface area (Å²) in [4.78, 5) is 2.47. The second-order valence-electron chi connectivity index (χ2n) is 5.86. The van der Waals surface area contributed by atoms with Crippen molar-refractivity contribution < 1.29 is 0 Å². The van der Waals surface area contributed by atoms with Crippen LogP contribution in [0.5, 0.6) is 0 Å². The van der Waals surface area contributed by atoms with Crippen LogP contribution in [0.1, 0.15) is 25.5 Å². The summed E-state index contributed by atoms with van der Waals surface area (Å²) in [6.45, 7) is 3.98. The van der Waals surface area contributed by atoms with Crippen molar-refractivity contribution in [1.29, 1.82) is 0 Å². The van der Waals surface area contributed by atoms with Crippen molar-refractivity contribution >= 4 is 0 Å². The van der Waals surface area contributed by atoms with E-state index in [2.05, 4.69) is 51.7 Å². The van der Waals surface area contributed by atoms with Gasteiger partial charge in [-0.05, 0) is 26.8 Å². The molecule has 1 aliphatic rings. The molecule has 0 amide bonds. The summed E-state index contributed by atoms with van der Waals surface area (Å²) in [7, 11) is 2.22. The fraction of sp³-hybridized carbons (Fsp3) is 0.500. The third-order valence-corrected chi connectivity index (χ3v) is 4.22. The molecule has 1 saturated carbocycles. The van der Waals surface area contributed by atoms with E-state index in [1.165, 1.54) is 12.8 Å². The van der Waals surface area contributed by atoms with Crippen molar-refractivity contribution in [2.45, 2.75) is 38.4 Å². The molecule has 5 heteroatoms. The van der Waals surface area contributed by atoms with Gasteiger partial charge in [-0.1, -0.05) is 30.3 Å². The molecule has 0 saturated heterocycles. The Balaban J connectivity index is 1.55. The normalized spacial score (nSPS) is 16.3. The van der Waals surface area contributed by atoms with Gasteiger partial charge in [0.25, 0.3) is 0 Å². The van der Waals surface area contributed by atoms with E-state index in [0.717, 1.165) is 36.1 Å². The number of aromatic nitrogens is 3. The van der Waals surface area contributed by atoms with Crippen molar-refractivity contribution in [3.05, 3.63) is 36.0 Å². The van der Waals surface area contributed by atoms with Crippen LogP contribution in [0.4, 0.5) is 0 Å². The first-order valence-corrected chi connectivity index (χ1v) is 7.63. The van der Waals surface area contributed by atoms with Crippen LogP contribution >= 0.6 is 0 Å². The van der Waals surface area contributed by atoms with Crippen LogP contribution in [0.15, 0.2) is 30.3 Å². The minimum Gasteiger partial charge on any atom is -0.309 e. The van der Waals surface area contributed by atoms with E-state index in [0.29, 0.717) is 6.04 Å². The third kappa shape index (κ3) is 3.49. The molecule has 1 aromatic carbocycles. The molecule has 0 aliphatic heterocycles. The van der Waals surface area contributed by atoms with E-state index in [4.69, 9.17) is 0 Å². The molecular formula is C16H23N5. The smallest absolute Gasteiger partial charge is 0.117 e. The standard InChI is InChI=1S/C16H23N5/c1-12(21(2)14-8-9-14)10-17-11-15-16(19-20-18-15)13-6-4-3-5-7-13/h3-7,12,14,17H,8-11H2,1-2H3,(H,18,19,20). The first-order valence-electron chi connectivity index (χ1n) is 7.63. The zero-order chi connectivity index (χ0) is 14.7. The topological polar surface area (TPSA) is 56.8 Å². The second kappa shape index (κ2) is 6.37. The minimum absolute atomic E-state index is 0.546. The zero-order valence-corrected chi connectivity index (χ0v) is 12.7. The highest BCUT2D eigenvalue weighted by Crippen LogP contribution is 2.26. The van der Waals surface area contributed by atoms with Gasteiger partial charge in [0, 0.05) is 30.7 Å². The Bertz CT molecular complexity index is 561. The number of rotatable bonds is 7. The number of H-pyrrole nitrogens is 1. The average Bonchev–Trinajstić information content (AvgIpc) is 3.26. The molecule has 0 bridgehead atoms. The number of nitrogens with one attached hydrogen (secondary N) is 2. The Morgan fingerprint density at radius 1 is 1.29 bits per heavy atom. The molecule has 1 atom stereocenters. The van der Waals surface area contributed by atoms with Crippen LogP contribution < -0.4 is 5.32 Å². The molecule has 3 rings (SSSR count). The SMILES string of the molecule is CC(CNCc1n[nH]nc1-c1ccccc1)N(C)C1CC1. The molecule has 1 fully saturated rings. The van der Waals surface area contributed by atoms with Crippen molar-refractivity contribution in [2.75, 3.05) is 13.6 Å². The number of hydrogen-bond acceptors (Lipinski definition) is 4.